The average molecular weight is 374 g/mol. The lowest BCUT2D eigenvalue weighted by Crippen LogP contribution is -1.97. The van der Waals surface area contributed by atoms with Crippen LogP contribution < -0.4 is 0 Å². The van der Waals surface area contributed by atoms with Crippen molar-refractivity contribution in [1.29, 1.82) is 0 Å². The molecule has 1 heterocycles. The summed E-state index contributed by atoms with van der Waals surface area (Å²) in [6, 6.07) is 12.1. The summed E-state index contributed by atoms with van der Waals surface area (Å²) in [6.45, 7) is 1.96. The van der Waals surface area contributed by atoms with Crippen LogP contribution in [0.5, 0.6) is 0 Å². The van der Waals surface area contributed by atoms with Gasteiger partial charge in [0.2, 0.25) is 4.77 Å². The number of hydrogen-bond donors (Lipinski definition) is 1. The number of halogens is 1. The van der Waals surface area contributed by atoms with Crippen LogP contribution in [0.1, 0.15) is 11.1 Å². The van der Waals surface area contributed by atoms with Gasteiger partial charge in [0.25, 0.3) is 5.69 Å². The SMILES string of the molecule is Cc1ccccc1-c1n[nH]c(=S)n1N=Cc1ccc(Cl)c([N+](=O)[O-])c1. The second-order valence-corrected chi connectivity index (χ2v) is 5.99. The lowest BCUT2D eigenvalue weighted by atomic mass is 10.1. The normalized spacial score (nSPS) is 11.1. The Morgan fingerprint density at radius 1 is 1.36 bits per heavy atom. The van der Waals surface area contributed by atoms with Crippen molar-refractivity contribution >= 4 is 35.7 Å². The molecule has 2 aromatic carbocycles. The van der Waals surface area contributed by atoms with Crippen molar-refractivity contribution in [3.05, 3.63) is 73.5 Å². The van der Waals surface area contributed by atoms with E-state index in [4.69, 9.17) is 23.8 Å². The Morgan fingerprint density at radius 2 is 2.12 bits per heavy atom. The van der Waals surface area contributed by atoms with E-state index in [1.807, 2.05) is 31.2 Å². The maximum atomic E-state index is 11.0. The van der Waals surface area contributed by atoms with Gasteiger partial charge < -0.3 is 0 Å². The molecule has 7 nitrogen and oxygen atoms in total. The van der Waals surface area contributed by atoms with Crippen molar-refractivity contribution in [2.45, 2.75) is 6.92 Å². The summed E-state index contributed by atoms with van der Waals surface area (Å²) in [4.78, 5) is 10.4. The summed E-state index contributed by atoms with van der Waals surface area (Å²) in [5.74, 6) is 0.558. The first-order chi connectivity index (χ1) is 12.0. The Kier molecular flexibility index (Phi) is 4.73. The first kappa shape index (κ1) is 17.0. The van der Waals surface area contributed by atoms with Gasteiger partial charge in [0.1, 0.15) is 5.02 Å². The smallest absolute Gasteiger partial charge is 0.258 e. The van der Waals surface area contributed by atoms with Gasteiger partial charge in [0.05, 0.1) is 11.1 Å². The zero-order chi connectivity index (χ0) is 18.0. The Bertz CT molecular complexity index is 1040. The Labute approximate surface area is 152 Å². The molecule has 3 aromatic rings. The Balaban J connectivity index is 2.02. The highest BCUT2D eigenvalue weighted by molar-refractivity contribution is 7.71. The largest absolute Gasteiger partial charge is 0.288 e. The molecule has 25 heavy (non-hydrogen) atoms. The third-order valence-corrected chi connectivity index (χ3v) is 4.11. The number of aryl methyl sites for hydroxylation is 1. The van der Waals surface area contributed by atoms with Crippen molar-refractivity contribution in [3.63, 3.8) is 0 Å². The summed E-state index contributed by atoms with van der Waals surface area (Å²) in [5.41, 5.74) is 2.25. The molecular weight excluding hydrogens is 362 g/mol. The highest BCUT2D eigenvalue weighted by atomic mass is 35.5. The van der Waals surface area contributed by atoms with E-state index in [1.54, 1.807) is 6.07 Å². The standard InChI is InChI=1S/C16H12ClN5O2S/c1-10-4-2-3-5-12(10)15-19-20-16(25)21(15)18-9-11-6-7-13(17)14(8-11)22(23)24/h2-9H,1H3,(H,20,25). The van der Waals surface area contributed by atoms with Crippen molar-refractivity contribution in [2.24, 2.45) is 5.10 Å². The average Bonchev–Trinajstić information content (AvgIpc) is 2.95. The third kappa shape index (κ3) is 3.49. The van der Waals surface area contributed by atoms with Crippen LogP contribution in [0.25, 0.3) is 11.4 Å². The van der Waals surface area contributed by atoms with Crippen LogP contribution in [0.2, 0.25) is 5.02 Å². The molecule has 0 spiro atoms. The zero-order valence-corrected chi connectivity index (χ0v) is 14.6. The van der Waals surface area contributed by atoms with Crippen LogP contribution in [0, 0.1) is 21.8 Å². The monoisotopic (exact) mass is 373 g/mol. The van der Waals surface area contributed by atoms with Gasteiger partial charge in [-0.15, -0.1) is 0 Å². The molecule has 0 aliphatic carbocycles. The molecule has 3 rings (SSSR count). The number of benzene rings is 2. The van der Waals surface area contributed by atoms with E-state index < -0.39 is 4.92 Å². The van der Waals surface area contributed by atoms with E-state index in [0.717, 1.165) is 11.1 Å². The van der Waals surface area contributed by atoms with Gasteiger partial charge in [-0.3, -0.25) is 10.1 Å². The minimum absolute atomic E-state index is 0.0719. The molecule has 0 aliphatic rings. The number of H-pyrrole nitrogens is 1. The maximum Gasteiger partial charge on any atom is 0.288 e. The predicted octanol–water partition coefficient (Wildman–Crippen LogP) is 4.36. The molecular formula is C16H12ClN5O2S. The quantitative estimate of drug-likeness (QED) is 0.318. The number of nitro benzene ring substituents is 1. The molecule has 0 bridgehead atoms. The van der Waals surface area contributed by atoms with Gasteiger partial charge in [-0.1, -0.05) is 41.9 Å². The van der Waals surface area contributed by atoms with E-state index in [9.17, 15) is 10.1 Å². The molecule has 1 aromatic heterocycles. The van der Waals surface area contributed by atoms with Crippen molar-refractivity contribution in [2.75, 3.05) is 0 Å². The molecule has 0 radical (unpaired) electrons. The summed E-state index contributed by atoms with van der Waals surface area (Å²) in [6.07, 6.45) is 1.47. The second kappa shape index (κ2) is 6.96. The van der Waals surface area contributed by atoms with Crippen LogP contribution in [-0.2, 0) is 0 Å². The number of nitro groups is 1. The van der Waals surface area contributed by atoms with Crippen molar-refractivity contribution in [3.8, 4) is 11.4 Å². The summed E-state index contributed by atoms with van der Waals surface area (Å²) < 4.78 is 1.79. The number of nitrogens with zero attached hydrogens (tertiary/aromatic N) is 4. The molecule has 126 valence electrons. The topological polar surface area (TPSA) is 89.1 Å². The summed E-state index contributed by atoms with van der Waals surface area (Å²) in [7, 11) is 0. The highest BCUT2D eigenvalue weighted by Crippen LogP contribution is 2.25. The molecule has 0 atom stereocenters. The fourth-order valence-electron chi connectivity index (χ4n) is 2.27. The molecule has 9 heteroatoms. The number of hydrogen-bond acceptors (Lipinski definition) is 5. The predicted molar refractivity (Wildman–Crippen MR) is 98.7 cm³/mol. The van der Waals surface area contributed by atoms with E-state index >= 15 is 0 Å². The molecule has 0 aliphatic heterocycles. The fourth-order valence-corrected chi connectivity index (χ4v) is 2.64. The second-order valence-electron chi connectivity index (χ2n) is 5.19. The summed E-state index contributed by atoms with van der Waals surface area (Å²) in [5, 5.41) is 22.3. The minimum Gasteiger partial charge on any atom is -0.258 e. The molecule has 0 saturated carbocycles. The Morgan fingerprint density at radius 3 is 2.84 bits per heavy atom. The maximum absolute atomic E-state index is 11.0. The van der Waals surface area contributed by atoms with E-state index in [1.165, 1.54) is 23.0 Å². The lowest BCUT2D eigenvalue weighted by Gasteiger charge is -2.04. The van der Waals surface area contributed by atoms with Gasteiger partial charge in [0, 0.05) is 17.2 Å². The first-order valence-corrected chi connectivity index (χ1v) is 7.97. The molecule has 0 fully saturated rings. The van der Waals surface area contributed by atoms with Crippen LogP contribution in [0.4, 0.5) is 5.69 Å². The Hall–Kier alpha value is -2.84. The first-order valence-electron chi connectivity index (χ1n) is 7.19. The van der Waals surface area contributed by atoms with Gasteiger partial charge >= 0.3 is 0 Å². The molecule has 0 unspecified atom stereocenters. The lowest BCUT2D eigenvalue weighted by molar-refractivity contribution is -0.384. The molecule has 0 saturated heterocycles. The van der Waals surface area contributed by atoms with Gasteiger partial charge in [-0.25, -0.2) is 5.10 Å². The number of aromatic nitrogens is 3. The van der Waals surface area contributed by atoms with Gasteiger partial charge in [0.15, 0.2) is 5.82 Å². The van der Waals surface area contributed by atoms with Crippen LogP contribution in [-0.4, -0.2) is 26.0 Å². The van der Waals surface area contributed by atoms with Crippen molar-refractivity contribution in [1.82, 2.24) is 14.9 Å². The third-order valence-electron chi connectivity index (χ3n) is 3.53. The van der Waals surface area contributed by atoms with Crippen LogP contribution in [0.15, 0.2) is 47.6 Å². The summed E-state index contributed by atoms with van der Waals surface area (Å²) >= 11 is 11.0. The zero-order valence-electron chi connectivity index (χ0n) is 13.0. The minimum atomic E-state index is -0.540. The van der Waals surface area contributed by atoms with E-state index in [2.05, 4.69) is 15.3 Å². The van der Waals surface area contributed by atoms with Crippen LogP contribution in [0.3, 0.4) is 0 Å². The van der Waals surface area contributed by atoms with Gasteiger partial charge in [-0.05, 0) is 30.8 Å². The number of rotatable bonds is 4. The van der Waals surface area contributed by atoms with E-state index in [0.29, 0.717) is 16.2 Å². The van der Waals surface area contributed by atoms with Gasteiger partial charge in [-0.2, -0.15) is 14.9 Å². The molecule has 0 amide bonds. The van der Waals surface area contributed by atoms with E-state index in [-0.39, 0.29) is 10.7 Å². The molecule has 1 N–H and O–H groups in total. The van der Waals surface area contributed by atoms with Crippen molar-refractivity contribution < 1.29 is 4.92 Å². The number of aromatic amines is 1. The fraction of sp³-hybridized carbons (Fsp3) is 0.0625. The highest BCUT2D eigenvalue weighted by Gasteiger charge is 2.13. The van der Waals surface area contributed by atoms with Crippen LogP contribution >= 0.6 is 23.8 Å². The number of nitrogens with one attached hydrogen (secondary N) is 1.